The molecular formula is C16H18N2O2S. The Labute approximate surface area is 128 Å². The maximum absolute atomic E-state index is 10.9. The number of likely N-dealkylation sites (tertiary alicyclic amines) is 1. The summed E-state index contributed by atoms with van der Waals surface area (Å²) >= 11 is 1.42. The largest absolute Gasteiger partial charge is 0.476 e. The lowest BCUT2D eigenvalue weighted by Crippen LogP contribution is -2.19. The summed E-state index contributed by atoms with van der Waals surface area (Å²) < 4.78 is 0. The van der Waals surface area contributed by atoms with Crippen molar-refractivity contribution < 1.29 is 9.90 Å². The standard InChI is InChI=1S/C16H18N2O2S/c19-16(20)14-11-21-15(17-14)9-12-5-1-2-6-13(12)10-18-7-3-4-8-18/h1-2,5-6,11H,3-4,7-10H2,(H,19,20). The Morgan fingerprint density at radius 3 is 2.62 bits per heavy atom. The molecule has 1 fully saturated rings. The monoisotopic (exact) mass is 302 g/mol. The molecule has 0 unspecified atom stereocenters. The zero-order chi connectivity index (χ0) is 14.7. The number of carboxylic acids is 1. The quantitative estimate of drug-likeness (QED) is 0.922. The maximum Gasteiger partial charge on any atom is 0.355 e. The van der Waals surface area contributed by atoms with Crippen LogP contribution >= 0.6 is 11.3 Å². The van der Waals surface area contributed by atoms with Gasteiger partial charge in [-0.3, -0.25) is 4.90 Å². The molecule has 1 saturated heterocycles. The van der Waals surface area contributed by atoms with Crippen molar-refractivity contribution in [2.45, 2.75) is 25.8 Å². The molecule has 0 amide bonds. The molecular weight excluding hydrogens is 284 g/mol. The van der Waals surface area contributed by atoms with Crippen LogP contribution in [0.4, 0.5) is 0 Å². The van der Waals surface area contributed by atoms with Gasteiger partial charge in [0, 0.05) is 18.3 Å². The molecule has 1 aliphatic rings. The molecule has 0 bridgehead atoms. The molecule has 2 heterocycles. The van der Waals surface area contributed by atoms with Crippen molar-refractivity contribution in [3.63, 3.8) is 0 Å². The number of benzene rings is 1. The van der Waals surface area contributed by atoms with Crippen molar-refractivity contribution in [1.82, 2.24) is 9.88 Å². The van der Waals surface area contributed by atoms with Gasteiger partial charge in [0.2, 0.25) is 0 Å². The number of carbonyl (C=O) groups is 1. The highest BCUT2D eigenvalue weighted by Crippen LogP contribution is 2.20. The summed E-state index contributed by atoms with van der Waals surface area (Å²) in [5.41, 5.74) is 2.72. The van der Waals surface area contributed by atoms with Crippen LogP contribution in [0.25, 0.3) is 0 Å². The average molecular weight is 302 g/mol. The molecule has 1 aromatic carbocycles. The minimum atomic E-state index is -0.956. The molecule has 3 rings (SSSR count). The van der Waals surface area contributed by atoms with Crippen LogP contribution in [-0.2, 0) is 13.0 Å². The molecule has 0 spiro atoms. The van der Waals surface area contributed by atoms with Crippen LogP contribution in [0.1, 0.15) is 39.5 Å². The van der Waals surface area contributed by atoms with E-state index in [1.807, 2.05) is 6.07 Å². The van der Waals surface area contributed by atoms with Gasteiger partial charge in [0.15, 0.2) is 5.69 Å². The van der Waals surface area contributed by atoms with Gasteiger partial charge >= 0.3 is 5.97 Å². The lowest BCUT2D eigenvalue weighted by Gasteiger charge is -2.17. The molecule has 1 N–H and O–H groups in total. The fraction of sp³-hybridized carbons (Fsp3) is 0.375. The van der Waals surface area contributed by atoms with E-state index in [4.69, 9.17) is 5.11 Å². The van der Waals surface area contributed by atoms with Gasteiger partial charge in [-0.1, -0.05) is 24.3 Å². The molecule has 5 heteroatoms. The van der Waals surface area contributed by atoms with Crippen LogP contribution in [0, 0.1) is 0 Å². The summed E-state index contributed by atoms with van der Waals surface area (Å²) in [7, 11) is 0. The molecule has 0 atom stereocenters. The first-order chi connectivity index (χ1) is 10.2. The van der Waals surface area contributed by atoms with Gasteiger partial charge in [-0.05, 0) is 37.1 Å². The zero-order valence-corrected chi connectivity index (χ0v) is 12.6. The fourth-order valence-corrected chi connectivity index (χ4v) is 3.51. The molecule has 21 heavy (non-hydrogen) atoms. The Morgan fingerprint density at radius 2 is 1.95 bits per heavy atom. The van der Waals surface area contributed by atoms with Crippen molar-refractivity contribution in [2.24, 2.45) is 0 Å². The third kappa shape index (κ3) is 3.49. The van der Waals surface area contributed by atoms with Gasteiger partial charge in [-0.25, -0.2) is 9.78 Å². The second-order valence-electron chi connectivity index (χ2n) is 5.36. The Kier molecular flexibility index (Phi) is 4.31. The normalized spacial score (nSPS) is 15.4. The SMILES string of the molecule is O=C(O)c1csc(Cc2ccccc2CN2CCCC2)n1. The van der Waals surface area contributed by atoms with Crippen LogP contribution in [0.5, 0.6) is 0 Å². The van der Waals surface area contributed by atoms with Gasteiger partial charge < -0.3 is 5.11 Å². The van der Waals surface area contributed by atoms with E-state index in [9.17, 15) is 4.79 Å². The number of nitrogens with zero attached hydrogens (tertiary/aromatic N) is 2. The van der Waals surface area contributed by atoms with Crippen LogP contribution in [0.3, 0.4) is 0 Å². The molecule has 0 aliphatic carbocycles. The van der Waals surface area contributed by atoms with Crippen molar-refractivity contribution in [2.75, 3.05) is 13.1 Å². The van der Waals surface area contributed by atoms with Gasteiger partial charge in [0.25, 0.3) is 0 Å². The minimum Gasteiger partial charge on any atom is -0.476 e. The molecule has 1 aliphatic heterocycles. The van der Waals surface area contributed by atoms with Gasteiger partial charge in [0.1, 0.15) is 0 Å². The highest BCUT2D eigenvalue weighted by Gasteiger charge is 2.15. The Hall–Kier alpha value is -1.72. The molecule has 2 aromatic rings. The van der Waals surface area contributed by atoms with E-state index in [0.29, 0.717) is 6.42 Å². The van der Waals surface area contributed by atoms with Crippen LogP contribution in [0.15, 0.2) is 29.6 Å². The zero-order valence-electron chi connectivity index (χ0n) is 11.8. The van der Waals surface area contributed by atoms with Crippen LogP contribution < -0.4 is 0 Å². The molecule has 4 nitrogen and oxygen atoms in total. The van der Waals surface area contributed by atoms with Crippen molar-refractivity contribution in [3.8, 4) is 0 Å². The second-order valence-corrected chi connectivity index (χ2v) is 6.30. The van der Waals surface area contributed by atoms with E-state index in [1.54, 1.807) is 5.38 Å². The Balaban J connectivity index is 1.76. The fourth-order valence-electron chi connectivity index (χ4n) is 2.72. The number of hydrogen-bond acceptors (Lipinski definition) is 4. The number of hydrogen-bond donors (Lipinski definition) is 1. The van der Waals surface area contributed by atoms with Gasteiger partial charge in [-0.15, -0.1) is 11.3 Å². The van der Waals surface area contributed by atoms with Gasteiger partial charge in [0.05, 0.1) is 5.01 Å². The molecule has 1 aromatic heterocycles. The van der Waals surface area contributed by atoms with Crippen molar-refractivity contribution in [1.29, 1.82) is 0 Å². The lowest BCUT2D eigenvalue weighted by molar-refractivity contribution is 0.0691. The number of aromatic carboxylic acids is 1. The van der Waals surface area contributed by atoms with E-state index < -0.39 is 5.97 Å². The summed E-state index contributed by atoms with van der Waals surface area (Å²) in [6.07, 6.45) is 3.29. The maximum atomic E-state index is 10.9. The van der Waals surface area contributed by atoms with Crippen molar-refractivity contribution >= 4 is 17.3 Å². The third-order valence-corrected chi connectivity index (χ3v) is 4.67. The predicted octanol–water partition coefficient (Wildman–Crippen LogP) is 3.03. The van der Waals surface area contributed by atoms with E-state index in [1.165, 1.54) is 48.4 Å². The Bertz CT molecular complexity index is 633. The van der Waals surface area contributed by atoms with Gasteiger partial charge in [-0.2, -0.15) is 0 Å². The van der Waals surface area contributed by atoms with Crippen LogP contribution in [-0.4, -0.2) is 34.0 Å². The van der Waals surface area contributed by atoms with E-state index in [-0.39, 0.29) is 5.69 Å². The number of thiazole rings is 1. The highest BCUT2D eigenvalue weighted by atomic mass is 32.1. The highest BCUT2D eigenvalue weighted by molar-refractivity contribution is 7.09. The van der Waals surface area contributed by atoms with E-state index in [2.05, 4.69) is 28.1 Å². The van der Waals surface area contributed by atoms with E-state index in [0.717, 1.165) is 11.6 Å². The van der Waals surface area contributed by atoms with E-state index >= 15 is 0 Å². The summed E-state index contributed by atoms with van der Waals surface area (Å²) in [4.78, 5) is 17.6. The topological polar surface area (TPSA) is 53.4 Å². The lowest BCUT2D eigenvalue weighted by atomic mass is 10.0. The molecule has 110 valence electrons. The first kappa shape index (κ1) is 14.2. The third-order valence-electron chi connectivity index (χ3n) is 3.82. The first-order valence-electron chi connectivity index (χ1n) is 7.19. The average Bonchev–Trinajstić information content (AvgIpc) is 3.12. The summed E-state index contributed by atoms with van der Waals surface area (Å²) in [5.74, 6) is -0.956. The minimum absolute atomic E-state index is 0.145. The number of carboxylic acid groups (broad SMARTS) is 1. The second kappa shape index (κ2) is 6.37. The van der Waals surface area contributed by atoms with Crippen molar-refractivity contribution in [3.05, 3.63) is 51.5 Å². The number of rotatable bonds is 5. The number of aromatic nitrogens is 1. The van der Waals surface area contributed by atoms with Crippen LogP contribution in [0.2, 0.25) is 0 Å². The molecule has 0 radical (unpaired) electrons. The first-order valence-corrected chi connectivity index (χ1v) is 8.07. The Morgan fingerprint density at radius 1 is 1.24 bits per heavy atom. The summed E-state index contributed by atoms with van der Waals surface area (Å²) in [6, 6.07) is 8.39. The summed E-state index contributed by atoms with van der Waals surface area (Å²) in [6.45, 7) is 3.33. The smallest absolute Gasteiger partial charge is 0.355 e. The molecule has 0 saturated carbocycles. The summed E-state index contributed by atoms with van der Waals surface area (Å²) in [5, 5.41) is 11.4. The predicted molar refractivity (Wildman–Crippen MR) is 82.8 cm³/mol.